The summed E-state index contributed by atoms with van der Waals surface area (Å²) in [5, 5.41) is 3.77. The number of nitrogens with zero attached hydrogens (tertiary/aromatic N) is 1. The fraction of sp³-hybridized carbons (Fsp3) is 0.333. The Bertz CT molecular complexity index is 938. The smallest absolute Gasteiger partial charge is 0.264 e. The Balaban J connectivity index is 1.73. The number of thiophene rings is 1. The molecule has 1 unspecified atom stereocenters. The van der Waals surface area contributed by atoms with E-state index in [2.05, 4.69) is 4.72 Å². The molecule has 2 heterocycles. The standard InChI is InChI=1S/C18H20N2O4S2/c1-13-4-3-5-15(10-13)26(23,24)19-17(22)18(2)7-8-20(18)16(21)11-14-6-9-25-12-14/h3-6,9-10,12H,7-8,11H2,1-2H3,(H,19,22). The predicted octanol–water partition coefficient (Wildman–Crippen LogP) is 2.10. The SMILES string of the molecule is Cc1cccc(S(=O)(=O)NC(=O)C2(C)CCN2C(=O)Cc2ccsc2)c1. The third-order valence-corrected chi connectivity index (χ3v) is 6.73. The van der Waals surface area contributed by atoms with Gasteiger partial charge in [0.25, 0.3) is 15.9 Å². The first-order valence-electron chi connectivity index (χ1n) is 8.18. The molecule has 3 rings (SSSR count). The van der Waals surface area contributed by atoms with Crippen LogP contribution in [0.15, 0.2) is 46.0 Å². The largest absolute Gasteiger partial charge is 0.328 e. The Kier molecular flexibility index (Phi) is 4.90. The van der Waals surface area contributed by atoms with Gasteiger partial charge in [0.2, 0.25) is 5.91 Å². The predicted molar refractivity (Wildman–Crippen MR) is 99.3 cm³/mol. The number of rotatable bonds is 5. The van der Waals surface area contributed by atoms with Crippen molar-refractivity contribution in [2.24, 2.45) is 0 Å². The molecule has 0 aliphatic carbocycles. The summed E-state index contributed by atoms with van der Waals surface area (Å²) in [4.78, 5) is 26.6. The van der Waals surface area contributed by atoms with Gasteiger partial charge in [-0.25, -0.2) is 13.1 Å². The molecule has 138 valence electrons. The summed E-state index contributed by atoms with van der Waals surface area (Å²) in [6.07, 6.45) is 0.633. The van der Waals surface area contributed by atoms with Crippen LogP contribution in [-0.2, 0) is 26.0 Å². The first-order chi connectivity index (χ1) is 12.2. The molecule has 1 aliphatic heterocycles. The lowest BCUT2D eigenvalue weighted by molar-refractivity contribution is -0.156. The molecular weight excluding hydrogens is 372 g/mol. The minimum atomic E-state index is -3.98. The molecule has 1 aliphatic rings. The van der Waals surface area contributed by atoms with Gasteiger partial charge in [-0.3, -0.25) is 9.59 Å². The summed E-state index contributed by atoms with van der Waals surface area (Å²) in [7, 11) is -3.98. The van der Waals surface area contributed by atoms with Crippen LogP contribution in [-0.4, -0.2) is 37.2 Å². The van der Waals surface area contributed by atoms with E-state index in [9.17, 15) is 18.0 Å². The molecular formula is C18H20N2O4S2. The maximum Gasteiger partial charge on any atom is 0.264 e. The average Bonchev–Trinajstić information content (AvgIpc) is 3.05. The topological polar surface area (TPSA) is 83.6 Å². The average molecular weight is 393 g/mol. The first kappa shape index (κ1) is 18.6. The van der Waals surface area contributed by atoms with Gasteiger partial charge < -0.3 is 4.90 Å². The summed E-state index contributed by atoms with van der Waals surface area (Å²) in [6.45, 7) is 3.82. The second kappa shape index (κ2) is 6.85. The van der Waals surface area contributed by atoms with Gasteiger partial charge >= 0.3 is 0 Å². The van der Waals surface area contributed by atoms with E-state index in [0.29, 0.717) is 13.0 Å². The number of nitrogens with one attached hydrogen (secondary N) is 1. The summed E-state index contributed by atoms with van der Waals surface area (Å²) in [5.74, 6) is -0.857. The van der Waals surface area contributed by atoms with E-state index in [4.69, 9.17) is 0 Å². The lowest BCUT2D eigenvalue weighted by Crippen LogP contribution is -2.68. The quantitative estimate of drug-likeness (QED) is 0.845. The van der Waals surface area contributed by atoms with Gasteiger partial charge in [-0.15, -0.1) is 0 Å². The van der Waals surface area contributed by atoms with Gasteiger partial charge in [0.05, 0.1) is 11.3 Å². The number of carbonyl (C=O) groups is 2. The number of likely N-dealkylation sites (tertiary alicyclic amines) is 1. The highest BCUT2D eigenvalue weighted by molar-refractivity contribution is 7.90. The summed E-state index contributed by atoms with van der Waals surface area (Å²) < 4.78 is 27.1. The number of sulfonamides is 1. The molecule has 0 spiro atoms. The van der Waals surface area contributed by atoms with Crippen LogP contribution in [0.5, 0.6) is 0 Å². The van der Waals surface area contributed by atoms with E-state index in [0.717, 1.165) is 11.1 Å². The maximum absolute atomic E-state index is 12.7. The summed E-state index contributed by atoms with van der Waals surface area (Å²) in [6, 6.07) is 8.19. The van der Waals surface area contributed by atoms with Gasteiger partial charge in [0.1, 0.15) is 5.54 Å². The van der Waals surface area contributed by atoms with E-state index in [1.807, 2.05) is 16.8 Å². The minimum Gasteiger partial charge on any atom is -0.328 e. The van der Waals surface area contributed by atoms with E-state index >= 15 is 0 Å². The third kappa shape index (κ3) is 3.52. The third-order valence-electron chi connectivity index (χ3n) is 4.67. The molecule has 1 atom stereocenters. The van der Waals surface area contributed by atoms with Gasteiger partial charge in [-0.1, -0.05) is 12.1 Å². The Morgan fingerprint density at radius 2 is 2.08 bits per heavy atom. The monoisotopic (exact) mass is 392 g/mol. The van der Waals surface area contributed by atoms with E-state index in [1.165, 1.54) is 28.4 Å². The molecule has 8 heteroatoms. The zero-order valence-electron chi connectivity index (χ0n) is 14.6. The Hall–Kier alpha value is -2.19. The summed E-state index contributed by atoms with van der Waals surface area (Å²) in [5.41, 5.74) is 0.522. The van der Waals surface area contributed by atoms with E-state index in [-0.39, 0.29) is 17.2 Å². The number of carbonyl (C=O) groups excluding carboxylic acids is 2. The van der Waals surface area contributed by atoms with Crippen molar-refractivity contribution in [3.8, 4) is 0 Å². The van der Waals surface area contributed by atoms with Crippen LogP contribution in [0.3, 0.4) is 0 Å². The van der Waals surface area contributed by atoms with Gasteiger partial charge in [-0.2, -0.15) is 11.3 Å². The van der Waals surface area contributed by atoms with Gasteiger partial charge in [-0.05, 0) is 60.4 Å². The van der Waals surface area contributed by atoms with Crippen molar-refractivity contribution in [2.45, 2.75) is 37.1 Å². The van der Waals surface area contributed by atoms with Crippen LogP contribution in [0, 0.1) is 6.92 Å². The normalized spacial score (nSPS) is 19.7. The highest BCUT2D eigenvalue weighted by atomic mass is 32.2. The van der Waals surface area contributed by atoms with Crippen molar-refractivity contribution < 1.29 is 18.0 Å². The number of benzene rings is 1. The first-order valence-corrected chi connectivity index (χ1v) is 10.6. The molecule has 1 fully saturated rings. The van der Waals surface area contributed by atoms with Crippen LogP contribution >= 0.6 is 11.3 Å². The van der Waals surface area contributed by atoms with Crippen LogP contribution < -0.4 is 4.72 Å². The Morgan fingerprint density at radius 1 is 1.31 bits per heavy atom. The van der Waals surface area contributed by atoms with E-state index in [1.54, 1.807) is 26.0 Å². The zero-order chi connectivity index (χ0) is 18.9. The second-order valence-corrected chi connectivity index (χ2v) is 9.09. The number of hydrogen-bond donors (Lipinski definition) is 1. The van der Waals surface area contributed by atoms with Crippen LogP contribution in [0.25, 0.3) is 0 Å². The van der Waals surface area contributed by atoms with Crippen molar-refractivity contribution >= 4 is 33.2 Å². The highest BCUT2D eigenvalue weighted by Crippen LogP contribution is 2.32. The van der Waals surface area contributed by atoms with Crippen molar-refractivity contribution in [3.05, 3.63) is 52.2 Å². The molecule has 0 bridgehead atoms. The molecule has 1 aromatic heterocycles. The van der Waals surface area contributed by atoms with Crippen LogP contribution in [0.4, 0.5) is 0 Å². The van der Waals surface area contributed by atoms with Gasteiger partial charge in [0, 0.05) is 6.54 Å². The van der Waals surface area contributed by atoms with Crippen molar-refractivity contribution in [1.29, 1.82) is 0 Å². The number of hydrogen-bond acceptors (Lipinski definition) is 5. The summed E-state index contributed by atoms with van der Waals surface area (Å²) >= 11 is 1.50. The number of aryl methyl sites for hydroxylation is 1. The van der Waals surface area contributed by atoms with Crippen LogP contribution in [0.2, 0.25) is 0 Å². The fourth-order valence-electron chi connectivity index (χ4n) is 2.93. The molecule has 2 aromatic rings. The molecule has 1 saturated heterocycles. The van der Waals surface area contributed by atoms with E-state index < -0.39 is 21.5 Å². The molecule has 0 saturated carbocycles. The van der Waals surface area contributed by atoms with Gasteiger partial charge in [0.15, 0.2) is 0 Å². The van der Waals surface area contributed by atoms with Crippen LogP contribution in [0.1, 0.15) is 24.5 Å². The van der Waals surface area contributed by atoms with Crippen molar-refractivity contribution in [3.63, 3.8) is 0 Å². The Morgan fingerprint density at radius 3 is 2.65 bits per heavy atom. The molecule has 6 nitrogen and oxygen atoms in total. The molecule has 0 radical (unpaired) electrons. The molecule has 1 aromatic carbocycles. The van der Waals surface area contributed by atoms with Crippen molar-refractivity contribution in [1.82, 2.24) is 9.62 Å². The lowest BCUT2D eigenvalue weighted by atomic mass is 9.85. The van der Waals surface area contributed by atoms with Crippen molar-refractivity contribution in [2.75, 3.05) is 6.54 Å². The maximum atomic E-state index is 12.7. The zero-order valence-corrected chi connectivity index (χ0v) is 16.2. The molecule has 1 N–H and O–H groups in total. The number of amides is 2. The molecule has 26 heavy (non-hydrogen) atoms. The second-order valence-electron chi connectivity index (χ2n) is 6.63. The fourth-order valence-corrected chi connectivity index (χ4v) is 4.78. The highest BCUT2D eigenvalue weighted by Gasteiger charge is 2.50. The Labute approximate surface area is 156 Å². The molecule has 2 amide bonds. The minimum absolute atomic E-state index is 0.0323. The lowest BCUT2D eigenvalue weighted by Gasteiger charge is -2.48.